The second-order valence-corrected chi connectivity index (χ2v) is 16.7. The topological polar surface area (TPSA) is 170 Å². The van der Waals surface area contributed by atoms with Gasteiger partial charge in [-0.25, -0.2) is 0 Å². The van der Waals surface area contributed by atoms with E-state index < -0.39 is 42.3 Å². The zero-order chi connectivity index (χ0) is 41.1. The molecule has 0 aromatic heterocycles. The van der Waals surface area contributed by atoms with E-state index in [4.69, 9.17) is 9.47 Å². The largest absolute Gasteiger partial charge is 0.394 e. The van der Waals surface area contributed by atoms with Gasteiger partial charge in [-0.1, -0.05) is 76.5 Å². The van der Waals surface area contributed by atoms with Crippen molar-refractivity contribution in [2.75, 3.05) is 47.5 Å². The molecule has 0 radical (unpaired) electrons. The third-order valence-corrected chi connectivity index (χ3v) is 12.8. The second-order valence-electron chi connectivity index (χ2n) is 16.7. The second kappa shape index (κ2) is 21.3. The molecule has 2 bridgehead atoms. The molecule has 3 aliphatic rings. The van der Waals surface area contributed by atoms with Gasteiger partial charge >= 0.3 is 0 Å². The summed E-state index contributed by atoms with van der Waals surface area (Å²) in [5.74, 6) is -1.50. The number of aliphatic hydroxyl groups excluding tert-OH is 1. The van der Waals surface area contributed by atoms with Crippen molar-refractivity contribution in [2.24, 2.45) is 28.8 Å². The molecule has 11 atom stereocenters. The normalized spacial score (nSPS) is 24.6. The predicted molar refractivity (Wildman–Crippen MR) is 214 cm³/mol. The summed E-state index contributed by atoms with van der Waals surface area (Å²) in [6.07, 6.45) is 4.28. The van der Waals surface area contributed by atoms with Crippen LogP contribution in [0.4, 0.5) is 0 Å². The highest BCUT2D eigenvalue weighted by Gasteiger charge is 2.50. The molecule has 1 saturated carbocycles. The Hall–Kier alpha value is -3.46. The Morgan fingerprint density at radius 1 is 1.02 bits per heavy atom. The molecule has 1 aromatic carbocycles. The number of rotatable bonds is 22. The lowest BCUT2D eigenvalue weighted by atomic mass is 9.89. The minimum Gasteiger partial charge on any atom is -0.394 e. The number of hydrogen-bond acceptors (Lipinski definition) is 10. The van der Waals surface area contributed by atoms with Crippen molar-refractivity contribution in [3.05, 3.63) is 40.8 Å². The zero-order valence-corrected chi connectivity index (χ0v) is 34.9. The number of carbonyl (C=O) groups is 4. The van der Waals surface area contributed by atoms with Gasteiger partial charge in [0, 0.05) is 40.4 Å². The van der Waals surface area contributed by atoms with Gasteiger partial charge in [0.05, 0.1) is 61.9 Å². The highest BCUT2D eigenvalue weighted by Crippen LogP contribution is 2.42. The van der Waals surface area contributed by atoms with Gasteiger partial charge in [-0.15, -0.1) is 0 Å². The monoisotopic (exact) mass is 785 g/mol. The van der Waals surface area contributed by atoms with E-state index in [0.717, 1.165) is 37.7 Å². The lowest BCUT2D eigenvalue weighted by molar-refractivity contribution is -0.148. The Morgan fingerprint density at radius 2 is 1.73 bits per heavy atom. The van der Waals surface area contributed by atoms with Crippen molar-refractivity contribution in [1.29, 1.82) is 0 Å². The molecule has 2 heterocycles. The molecule has 0 unspecified atom stereocenters. The average molecular weight is 785 g/mol. The molecule has 14 heteroatoms. The fourth-order valence-electron chi connectivity index (χ4n) is 9.59. The van der Waals surface area contributed by atoms with Crippen LogP contribution in [0.25, 0.3) is 0 Å². The van der Waals surface area contributed by atoms with Gasteiger partial charge in [-0.2, -0.15) is 4.91 Å². The number of nitrogens with zero attached hydrogens (tertiary/aromatic N) is 4. The molecule has 1 aliphatic carbocycles. The van der Waals surface area contributed by atoms with Gasteiger partial charge in [-0.05, 0) is 61.8 Å². The number of carbonyl (C=O) groups excluding carboxylic acids is 4. The Labute approximate surface area is 333 Å². The van der Waals surface area contributed by atoms with Gasteiger partial charge in [0.25, 0.3) is 0 Å². The standard InChI is InChI=1S/C42H68N6O8/c1-9-27(4)37(46(6)42(53)36(26(2)3)45-41(52)38-30-17-18-32(23-30)47(38)21-19-43-54)34(55-7)24-35(50)48-20-13-16-33(48)39(56-8)28(5)40(51)44-31(25-49)22-29-14-11-10-12-15-29/h10-12,14-15,26-28,30-34,36-39,49H,9,13,16-25H2,1-8H3,(H,44,51)(H,45,52)/t27-,28+,30-,31-,32+,33-,34+,36-,37-,38-,39+/m0/s1. The first-order valence-electron chi connectivity index (χ1n) is 20.7. The molecule has 3 N–H and O–H groups in total. The van der Waals surface area contributed by atoms with Crippen molar-refractivity contribution in [2.45, 2.75) is 134 Å². The summed E-state index contributed by atoms with van der Waals surface area (Å²) in [6, 6.07) is 7.45. The number of likely N-dealkylation sites (N-methyl/N-ethyl adjacent to an activating group) is 1. The van der Waals surface area contributed by atoms with Crippen molar-refractivity contribution >= 4 is 23.6 Å². The Kier molecular flexibility index (Phi) is 17.2. The molecule has 314 valence electrons. The van der Waals surface area contributed by atoms with Crippen molar-refractivity contribution in [3.8, 4) is 0 Å². The SMILES string of the molecule is CC[C@H](C)[C@@H]([C@@H](CC(=O)N1CCC[C@H]1[C@H](OC)[C@@H](C)C(=O)N[C@H](CO)Cc1ccccc1)OC)N(C)C(=O)[C@@H](NC(=O)[C@@H]1[C@H]2CC[C@H](C2)N1CCN=O)C(C)C. The van der Waals surface area contributed by atoms with Crippen LogP contribution in [0.5, 0.6) is 0 Å². The van der Waals surface area contributed by atoms with Crippen molar-refractivity contribution < 1.29 is 33.8 Å². The third-order valence-electron chi connectivity index (χ3n) is 12.8. The first kappa shape index (κ1) is 45.2. The summed E-state index contributed by atoms with van der Waals surface area (Å²) in [5, 5.41) is 19.2. The number of aliphatic hydroxyl groups is 1. The maximum atomic E-state index is 14.4. The van der Waals surface area contributed by atoms with Crippen LogP contribution in [0.15, 0.2) is 35.5 Å². The Morgan fingerprint density at radius 3 is 2.34 bits per heavy atom. The minimum atomic E-state index is -0.798. The molecule has 56 heavy (non-hydrogen) atoms. The molecular weight excluding hydrogens is 716 g/mol. The maximum absolute atomic E-state index is 14.4. The Balaban J connectivity index is 1.45. The van der Waals surface area contributed by atoms with Crippen LogP contribution in [0.2, 0.25) is 0 Å². The van der Waals surface area contributed by atoms with Gasteiger partial charge in [-0.3, -0.25) is 24.1 Å². The number of fused-ring (bicyclic) bond motifs is 2. The molecular formula is C42H68N6O8. The number of ether oxygens (including phenoxy) is 2. The lowest BCUT2D eigenvalue weighted by Gasteiger charge is -2.41. The molecule has 2 saturated heterocycles. The zero-order valence-electron chi connectivity index (χ0n) is 34.9. The van der Waals surface area contributed by atoms with Crippen LogP contribution in [0.1, 0.15) is 85.1 Å². The molecule has 3 fully saturated rings. The average Bonchev–Trinajstić information content (AvgIpc) is 3.96. The quantitative estimate of drug-likeness (QED) is 0.149. The predicted octanol–water partition coefficient (Wildman–Crippen LogP) is 3.39. The number of nitroso groups, excluding NO2 is 1. The number of benzene rings is 1. The van der Waals surface area contributed by atoms with E-state index in [1.54, 1.807) is 38.0 Å². The van der Waals surface area contributed by atoms with Crippen LogP contribution >= 0.6 is 0 Å². The maximum Gasteiger partial charge on any atom is 0.245 e. The van der Waals surface area contributed by atoms with E-state index in [1.165, 1.54) is 0 Å². The fraction of sp³-hybridized carbons (Fsp3) is 0.762. The smallest absolute Gasteiger partial charge is 0.245 e. The summed E-state index contributed by atoms with van der Waals surface area (Å²) in [7, 11) is 4.85. The van der Waals surface area contributed by atoms with E-state index in [0.29, 0.717) is 25.9 Å². The molecule has 0 spiro atoms. The molecule has 4 rings (SSSR count). The highest BCUT2D eigenvalue weighted by molar-refractivity contribution is 5.90. The number of methoxy groups -OCH3 is 2. The lowest BCUT2D eigenvalue weighted by Crippen LogP contribution is -2.60. The van der Waals surface area contributed by atoms with Gasteiger partial charge in [0.15, 0.2) is 0 Å². The van der Waals surface area contributed by atoms with Crippen LogP contribution in [-0.4, -0.2) is 139 Å². The number of hydrogen-bond donors (Lipinski definition) is 3. The molecule has 14 nitrogen and oxygen atoms in total. The van der Waals surface area contributed by atoms with E-state index in [2.05, 4.69) is 20.7 Å². The number of nitrogens with one attached hydrogen (secondary N) is 2. The fourth-order valence-corrected chi connectivity index (χ4v) is 9.59. The van der Waals surface area contributed by atoms with Crippen molar-refractivity contribution in [3.63, 3.8) is 0 Å². The number of piperidine rings is 1. The highest BCUT2D eigenvalue weighted by atomic mass is 16.5. The minimum absolute atomic E-state index is 0.0177. The number of amides is 4. The summed E-state index contributed by atoms with van der Waals surface area (Å²) >= 11 is 0. The van der Waals surface area contributed by atoms with Gasteiger partial charge in [0.1, 0.15) is 6.04 Å². The van der Waals surface area contributed by atoms with E-state index in [-0.39, 0.29) is 73.0 Å². The summed E-state index contributed by atoms with van der Waals surface area (Å²) < 4.78 is 12.0. The van der Waals surface area contributed by atoms with Crippen LogP contribution < -0.4 is 10.6 Å². The Bertz CT molecular complexity index is 1450. The molecule has 1 aromatic rings. The summed E-state index contributed by atoms with van der Waals surface area (Å²) in [4.78, 5) is 72.6. The first-order chi connectivity index (χ1) is 26.8. The summed E-state index contributed by atoms with van der Waals surface area (Å²) in [6.45, 7) is 10.5. The van der Waals surface area contributed by atoms with Crippen LogP contribution in [-0.2, 0) is 35.1 Å². The van der Waals surface area contributed by atoms with Crippen LogP contribution in [0, 0.1) is 28.6 Å². The van der Waals surface area contributed by atoms with Crippen molar-refractivity contribution in [1.82, 2.24) is 25.3 Å². The first-order valence-corrected chi connectivity index (χ1v) is 20.7. The summed E-state index contributed by atoms with van der Waals surface area (Å²) in [5.41, 5.74) is 1.00. The van der Waals surface area contributed by atoms with E-state index in [9.17, 15) is 29.2 Å². The van der Waals surface area contributed by atoms with Gasteiger partial charge < -0.3 is 35.0 Å². The van der Waals surface area contributed by atoms with Gasteiger partial charge in [0.2, 0.25) is 23.6 Å². The van der Waals surface area contributed by atoms with Crippen LogP contribution in [0.3, 0.4) is 0 Å². The third kappa shape index (κ3) is 10.7. The number of likely N-dealkylation sites (tertiary alicyclic amines) is 2. The van der Waals surface area contributed by atoms with E-state index in [1.807, 2.05) is 58.0 Å². The molecule has 4 amide bonds. The molecule has 2 aliphatic heterocycles. The van der Waals surface area contributed by atoms with E-state index >= 15 is 0 Å².